The number of ether oxygens (including phenoxy) is 1. The molecular weight excluding hydrogens is 400 g/mol. The molecule has 0 spiro atoms. The normalized spacial score (nSPS) is 18.0. The SMILES string of the molecule is CS(=O)(=O)c1cccc(C(NC(=O)CC2COCCN2)c2ccccc2)c1.Cl. The number of morpholine rings is 1. The molecule has 2 aromatic carbocycles. The van der Waals surface area contributed by atoms with Gasteiger partial charge in [0.05, 0.1) is 24.2 Å². The van der Waals surface area contributed by atoms with E-state index < -0.39 is 15.9 Å². The summed E-state index contributed by atoms with van der Waals surface area (Å²) in [5, 5.41) is 6.31. The van der Waals surface area contributed by atoms with Gasteiger partial charge in [-0.05, 0) is 23.3 Å². The average molecular weight is 425 g/mol. The first kappa shape index (κ1) is 22.4. The van der Waals surface area contributed by atoms with Crippen LogP contribution >= 0.6 is 12.4 Å². The van der Waals surface area contributed by atoms with Gasteiger partial charge in [-0.2, -0.15) is 0 Å². The van der Waals surface area contributed by atoms with E-state index in [1.165, 1.54) is 6.26 Å². The van der Waals surface area contributed by atoms with E-state index in [-0.39, 0.29) is 29.3 Å². The molecule has 0 bridgehead atoms. The molecule has 152 valence electrons. The smallest absolute Gasteiger partial charge is 0.222 e. The van der Waals surface area contributed by atoms with E-state index in [9.17, 15) is 13.2 Å². The summed E-state index contributed by atoms with van der Waals surface area (Å²) in [5.41, 5.74) is 1.62. The minimum atomic E-state index is -3.33. The van der Waals surface area contributed by atoms with Crippen molar-refractivity contribution in [2.45, 2.75) is 23.4 Å². The van der Waals surface area contributed by atoms with Gasteiger partial charge in [-0.15, -0.1) is 12.4 Å². The van der Waals surface area contributed by atoms with Gasteiger partial charge in [-0.1, -0.05) is 42.5 Å². The maximum Gasteiger partial charge on any atom is 0.222 e. The quantitative estimate of drug-likeness (QED) is 0.741. The van der Waals surface area contributed by atoms with Crippen LogP contribution in [0.4, 0.5) is 0 Å². The second-order valence-corrected chi connectivity index (χ2v) is 8.70. The van der Waals surface area contributed by atoms with Gasteiger partial charge in [0.2, 0.25) is 5.91 Å². The number of benzene rings is 2. The Balaban J connectivity index is 0.00000280. The van der Waals surface area contributed by atoms with Crippen molar-refractivity contribution in [2.75, 3.05) is 26.0 Å². The zero-order chi connectivity index (χ0) is 19.3. The second-order valence-electron chi connectivity index (χ2n) is 6.69. The fourth-order valence-electron chi connectivity index (χ4n) is 3.12. The van der Waals surface area contributed by atoms with Gasteiger partial charge >= 0.3 is 0 Å². The molecule has 28 heavy (non-hydrogen) atoms. The third kappa shape index (κ3) is 6.04. The molecule has 2 N–H and O–H groups in total. The molecule has 2 atom stereocenters. The molecular formula is C20H25ClN2O4S. The van der Waals surface area contributed by atoms with Gasteiger partial charge in [-0.3, -0.25) is 4.79 Å². The van der Waals surface area contributed by atoms with Gasteiger partial charge in [0.15, 0.2) is 9.84 Å². The molecule has 2 unspecified atom stereocenters. The molecule has 0 saturated carbocycles. The lowest BCUT2D eigenvalue weighted by Gasteiger charge is -2.25. The lowest BCUT2D eigenvalue weighted by atomic mass is 9.98. The van der Waals surface area contributed by atoms with Crippen molar-refractivity contribution < 1.29 is 17.9 Å². The van der Waals surface area contributed by atoms with Crippen molar-refractivity contribution in [1.29, 1.82) is 0 Å². The van der Waals surface area contributed by atoms with Gasteiger partial charge in [-0.25, -0.2) is 8.42 Å². The van der Waals surface area contributed by atoms with E-state index in [1.807, 2.05) is 36.4 Å². The number of hydrogen-bond donors (Lipinski definition) is 2. The predicted molar refractivity (Wildman–Crippen MR) is 110 cm³/mol. The molecule has 0 radical (unpaired) electrons. The highest BCUT2D eigenvalue weighted by Crippen LogP contribution is 2.24. The molecule has 1 fully saturated rings. The van der Waals surface area contributed by atoms with E-state index in [2.05, 4.69) is 10.6 Å². The van der Waals surface area contributed by atoms with Crippen LogP contribution in [-0.2, 0) is 19.4 Å². The van der Waals surface area contributed by atoms with Crippen LogP contribution in [0.15, 0.2) is 59.5 Å². The highest BCUT2D eigenvalue weighted by Gasteiger charge is 2.22. The lowest BCUT2D eigenvalue weighted by molar-refractivity contribution is -0.122. The lowest BCUT2D eigenvalue weighted by Crippen LogP contribution is -2.44. The first-order valence-corrected chi connectivity index (χ1v) is 10.8. The zero-order valence-corrected chi connectivity index (χ0v) is 17.3. The van der Waals surface area contributed by atoms with Crippen molar-refractivity contribution in [2.24, 2.45) is 0 Å². The highest BCUT2D eigenvalue weighted by atomic mass is 35.5. The predicted octanol–water partition coefficient (Wildman–Crippen LogP) is 2.10. The number of hydrogen-bond acceptors (Lipinski definition) is 5. The van der Waals surface area contributed by atoms with Gasteiger partial charge in [0.25, 0.3) is 0 Å². The Morgan fingerprint density at radius 2 is 1.89 bits per heavy atom. The van der Waals surface area contributed by atoms with Crippen LogP contribution in [0.2, 0.25) is 0 Å². The molecule has 0 aromatic heterocycles. The van der Waals surface area contributed by atoms with Crippen molar-refractivity contribution >= 4 is 28.2 Å². The Hall–Kier alpha value is -1.93. The number of nitrogens with one attached hydrogen (secondary N) is 2. The van der Waals surface area contributed by atoms with E-state index in [0.29, 0.717) is 19.6 Å². The van der Waals surface area contributed by atoms with Crippen molar-refractivity contribution in [3.8, 4) is 0 Å². The standard InChI is InChI=1S/C20H24N2O4S.ClH/c1-27(24,25)18-9-5-8-16(12-18)20(15-6-3-2-4-7-15)22-19(23)13-17-14-26-11-10-21-17;/h2-9,12,17,20-21H,10-11,13-14H2,1H3,(H,22,23);1H. The zero-order valence-electron chi connectivity index (χ0n) is 15.6. The largest absolute Gasteiger partial charge is 0.378 e. The highest BCUT2D eigenvalue weighted by molar-refractivity contribution is 7.90. The Morgan fingerprint density at radius 3 is 2.54 bits per heavy atom. The summed E-state index contributed by atoms with van der Waals surface area (Å²) in [6.07, 6.45) is 1.48. The van der Waals surface area contributed by atoms with Crippen molar-refractivity contribution in [1.82, 2.24) is 10.6 Å². The van der Waals surface area contributed by atoms with Gasteiger partial charge in [0, 0.05) is 25.3 Å². The molecule has 3 rings (SSSR count). The van der Waals surface area contributed by atoms with Crippen molar-refractivity contribution in [3.63, 3.8) is 0 Å². The van der Waals surface area contributed by atoms with E-state index in [1.54, 1.807) is 18.2 Å². The Bertz CT molecular complexity index is 884. The van der Waals surface area contributed by atoms with Crippen molar-refractivity contribution in [3.05, 3.63) is 65.7 Å². The molecule has 2 aromatic rings. The summed E-state index contributed by atoms with van der Waals surface area (Å²) in [7, 11) is -3.33. The van der Waals surface area contributed by atoms with Gasteiger partial charge in [0.1, 0.15) is 0 Å². The van der Waals surface area contributed by atoms with Crippen LogP contribution in [0.5, 0.6) is 0 Å². The summed E-state index contributed by atoms with van der Waals surface area (Å²) in [4.78, 5) is 12.9. The molecule has 1 aliphatic rings. The molecule has 8 heteroatoms. The molecule has 1 saturated heterocycles. The number of sulfone groups is 1. The van der Waals surface area contributed by atoms with E-state index in [4.69, 9.17) is 4.74 Å². The average Bonchev–Trinajstić information content (AvgIpc) is 2.67. The third-order valence-electron chi connectivity index (χ3n) is 4.49. The Labute approximate surface area is 172 Å². The Kier molecular flexibility index (Phi) is 8.00. The first-order chi connectivity index (χ1) is 12.9. The molecule has 6 nitrogen and oxygen atoms in total. The summed E-state index contributed by atoms with van der Waals surface area (Å²) in [6, 6.07) is 15.8. The summed E-state index contributed by atoms with van der Waals surface area (Å²) < 4.78 is 29.2. The van der Waals surface area contributed by atoms with Crippen LogP contribution in [-0.4, -0.2) is 46.4 Å². The topological polar surface area (TPSA) is 84.5 Å². The van der Waals surface area contributed by atoms with E-state index in [0.717, 1.165) is 17.7 Å². The van der Waals surface area contributed by atoms with Crippen LogP contribution in [0.1, 0.15) is 23.6 Å². The monoisotopic (exact) mass is 424 g/mol. The second kappa shape index (κ2) is 10.0. The number of rotatable bonds is 6. The minimum Gasteiger partial charge on any atom is -0.378 e. The molecule has 1 heterocycles. The van der Waals surface area contributed by atoms with Crippen LogP contribution in [0, 0.1) is 0 Å². The fraction of sp³-hybridized carbons (Fsp3) is 0.350. The van der Waals surface area contributed by atoms with Crippen LogP contribution in [0.3, 0.4) is 0 Å². The van der Waals surface area contributed by atoms with Crippen LogP contribution < -0.4 is 10.6 Å². The minimum absolute atomic E-state index is 0. The third-order valence-corrected chi connectivity index (χ3v) is 5.60. The summed E-state index contributed by atoms with van der Waals surface area (Å²) in [6.45, 7) is 1.90. The number of carbonyl (C=O) groups excluding carboxylic acids is 1. The van der Waals surface area contributed by atoms with E-state index >= 15 is 0 Å². The first-order valence-electron chi connectivity index (χ1n) is 8.89. The number of halogens is 1. The summed E-state index contributed by atoms with van der Waals surface area (Å²) in [5.74, 6) is -0.114. The van der Waals surface area contributed by atoms with Crippen LogP contribution in [0.25, 0.3) is 0 Å². The number of amides is 1. The molecule has 0 aliphatic carbocycles. The fourth-order valence-corrected chi connectivity index (χ4v) is 3.80. The Morgan fingerprint density at radius 1 is 1.18 bits per heavy atom. The molecule has 1 amide bonds. The maximum absolute atomic E-state index is 12.6. The maximum atomic E-state index is 12.6. The molecule has 1 aliphatic heterocycles. The summed E-state index contributed by atoms with van der Waals surface area (Å²) >= 11 is 0. The van der Waals surface area contributed by atoms with Gasteiger partial charge < -0.3 is 15.4 Å². The number of carbonyl (C=O) groups is 1.